The van der Waals surface area contributed by atoms with Crippen LogP contribution in [0.2, 0.25) is 0 Å². The minimum absolute atomic E-state index is 0.657. The first-order chi connectivity index (χ1) is 7.60. The molecule has 1 aromatic carbocycles. The Balaban J connectivity index is 2.76. The van der Waals surface area contributed by atoms with Gasteiger partial charge >= 0.3 is 0 Å². The molecular formula is C14H18O2. The zero-order valence-corrected chi connectivity index (χ0v) is 9.86. The third-order valence-corrected chi connectivity index (χ3v) is 2.68. The van der Waals surface area contributed by atoms with Crippen molar-refractivity contribution in [3.05, 3.63) is 29.8 Å². The Morgan fingerprint density at radius 2 is 2.25 bits per heavy atom. The predicted molar refractivity (Wildman–Crippen MR) is 65.2 cm³/mol. The molecular weight excluding hydrogens is 200 g/mol. The summed E-state index contributed by atoms with van der Waals surface area (Å²) in [4.78, 5) is 0. The molecule has 1 unspecified atom stereocenters. The largest absolute Gasteiger partial charge is 0.497 e. The van der Waals surface area contributed by atoms with Crippen LogP contribution in [0.15, 0.2) is 24.3 Å². The average molecular weight is 218 g/mol. The summed E-state index contributed by atoms with van der Waals surface area (Å²) in [5.41, 5.74) is 0.0228. The summed E-state index contributed by atoms with van der Waals surface area (Å²) in [6.45, 7) is 1.80. The van der Waals surface area contributed by atoms with Crippen LogP contribution in [0.5, 0.6) is 5.75 Å². The van der Waals surface area contributed by atoms with Crippen molar-refractivity contribution in [2.75, 3.05) is 7.11 Å². The van der Waals surface area contributed by atoms with Crippen LogP contribution in [0.25, 0.3) is 0 Å². The number of benzene rings is 1. The standard InChI is InChI=1S/C14H18O2/c1-4-5-6-10-14(2,15)12-8-7-9-13(11-12)16-3/h1,7-9,11,15H,5-6,10H2,2-3H3. The van der Waals surface area contributed by atoms with Crippen molar-refractivity contribution in [3.63, 3.8) is 0 Å². The number of rotatable bonds is 5. The SMILES string of the molecule is C#CCCCC(C)(O)c1cccc(OC)c1. The number of methoxy groups -OCH3 is 1. The highest BCUT2D eigenvalue weighted by Gasteiger charge is 2.22. The van der Waals surface area contributed by atoms with E-state index in [1.807, 2.05) is 24.3 Å². The molecule has 1 rings (SSSR count). The Morgan fingerprint density at radius 3 is 2.88 bits per heavy atom. The smallest absolute Gasteiger partial charge is 0.119 e. The van der Waals surface area contributed by atoms with Crippen LogP contribution >= 0.6 is 0 Å². The fourth-order valence-electron chi connectivity index (χ4n) is 1.64. The lowest BCUT2D eigenvalue weighted by molar-refractivity contribution is 0.0458. The van der Waals surface area contributed by atoms with E-state index in [1.165, 1.54) is 0 Å². The predicted octanol–water partition coefficient (Wildman–Crippen LogP) is 2.71. The van der Waals surface area contributed by atoms with Crippen molar-refractivity contribution in [1.29, 1.82) is 0 Å². The van der Waals surface area contributed by atoms with E-state index in [0.29, 0.717) is 12.8 Å². The fraction of sp³-hybridized carbons (Fsp3) is 0.429. The highest BCUT2D eigenvalue weighted by molar-refractivity contribution is 5.31. The van der Waals surface area contributed by atoms with Gasteiger partial charge in [0.2, 0.25) is 0 Å². The molecule has 1 aromatic rings. The summed E-state index contributed by atoms with van der Waals surface area (Å²) in [6.07, 6.45) is 7.36. The molecule has 86 valence electrons. The molecule has 1 N–H and O–H groups in total. The molecule has 2 nitrogen and oxygen atoms in total. The quantitative estimate of drug-likeness (QED) is 0.608. The third-order valence-electron chi connectivity index (χ3n) is 2.68. The normalized spacial score (nSPS) is 13.9. The molecule has 1 atom stereocenters. The monoisotopic (exact) mass is 218 g/mol. The van der Waals surface area contributed by atoms with Crippen LogP contribution in [0.1, 0.15) is 31.7 Å². The second kappa shape index (κ2) is 5.58. The van der Waals surface area contributed by atoms with Crippen molar-refractivity contribution in [1.82, 2.24) is 0 Å². The molecule has 0 heterocycles. The Labute approximate surface area is 97.3 Å². The van der Waals surface area contributed by atoms with E-state index in [-0.39, 0.29) is 0 Å². The summed E-state index contributed by atoms with van der Waals surface area (Å²) < 4.78 is 5.13. The molecule has 0 aliphatic rings. The Morgan fingerprint density at radius 1 is 1.50 bits per heavy atom. The van der Waals surface area contributed by atoms with Gasteiger partial charge in [-0.1, -0.05) is 12.1 Å². The maximum atomic E-state index is 10.3. The first kappa shape index (κ1) is 12.6. The van der Waals surface area contributed by atoms with Gasteiger partial charge in [0.1, 0.15) is 5.75 Å². The third kappa shape index (κ3) is 3.29. The number of hydrogen-bond donors (Lipinski definition) is 1. The van der Waals surface area contributed by atoms with Gasteiger partial charge < -0.3 is 9.84 Å². The Hall–Kier alpha value is -1.46. The van der Waals surface area contributed by atoms with E-state index in [1.54, 1.807) is 14.0 Å². The van der Waals surface area contributed by atoms with Gasteiger partial charge in [0.15, 0.2) is 0 Å². The van der Waals surface area contributed by atoms with Gasteiger partial charge in [-0.2, -0.15) is 0 Å². The summed E-state index contributed by atoms with van der Waals surface area (Å²) in [7, 11) is 1.62. The molecule has 0 amide bonds. The molecule has 0 spiro atoms. The summed E-state index contributed by atoms with van der Waals surface area (Å²) in [5.74, 6) is 3.34. The summed E-state index contributed by atoms with van der Waals surface area (Å²) >= 11 is 0. The molecule has 0 fully saturated rings. The topological polar surface area (TPSA) is 29.5 Å². The van der Waals surface area contributed by atoms with Crippen molar-refractivity contribution < 1.29 is 9.84 Å². The van der Waals surface area contributed by atoms with Crippen LogP contribution in [-0.2, 0) is 5.60 Å². The second-order valence-electron chi connectivity index (χ2n) is 4.06. The molecule has 0 aliphatic carbocycles. The summed E-state index contributed by atoms with van der Waals surface area (Å²) in [6, 6.07) is 7.50. The van der Waals surface area contributed by atoms with Crippen molar-refractivity contribution >= 4 is 0 Å². The molecule has 0 saturated heterocycles. The van der Waals surface area contributed by atoms with Crippen LogP contribution in [0.3, 0.4) is 0 Å². The number of unbranched alkanes of at least 4 members (excludes halogenated alkanes) is 1. The zero-order chi connectivity index (χ0) is 12.0. The van der Waals surface area contributed by atoms with E-state index >= 15 is 0 Å². The maximum absolute atomic E-state index is 10.3. The zero-order valence-electron chi connectivity index (χ0n) is 9.86. The fourth-order valence-corrected chi connectivity index (χ4v) is 1.64. The first-order valence-electron chi connectivity index (χ1n) is 5.40. The summed E-state index contributed by atoms with van der Waals surface area (Å²) in [5, 5.41) is 10.3. The van der Waals surface area contributed by atoms with Gasteiger partial charge in [-0.3, -0.25) is 0 Å². The van der Waals surface area contributed by atoms with Crippen molar-refractivity contribution in [2.45, 2.75) is 31.8 Å². The average Bonchev–Trinajstić information content (AvgIpc) is 2.29. The number of hydrogen-bond acceptors (Lipinski definition) is 2. The van der Waals surface area contributed by atoms with Gasteiger partial charge in [0, 0.05) is 6.42 Å². The molecule has 0 aliphatic heterocycles. The maximum Gasteiger partial charge on any atom is 0.119 e. The van der Waals surface area contributed by atoms with Gasteiger partial charge in [-0.15, -0.1) is 12.3 Å². The van der Waals surface area contributed by atoms with E-state index < -0.39 is 5.60 Å². The Kier molecular flexibility index (Phi) is 4.39. The lowest BCUT2D eigenvalue weighted by Crippen LogP contribution is -2.20. The highest BCUT2D eigenvalue weighted by atomic mass is 16.5. The molecule has 2 heteroatoms. The number of terminal acetylenes is 1. The van der Waals surface area contributed by atoms with Gasteiger partial charge in [-0.25, -0.2) is 0 Å². The van der Waals surface area contributed by atoms with Crippen molar-refractivity contribution in [2.24, 2.45) is 0 Å². The number of ether oxygens (including phenoxy) is 1. The first-order valence-corrected chi connectivity index (χ1v) is 5.40. The lowest BCUT2D eigenvalue weighted by Gasteiger charge is -2.23. The van der Waals surface area contributed by atoms with E-state index in [4.69, 9.17) is 11.2 Å². The molecule has 0 aromatic heterocycles. The van der Waals surface area contributed by atoms with Crippen LogP contribution < -0.4 is 4.74 Å². The van der Waals surface area contributed by atoms with Crippen LogP contribution in [0.4, 0.5) is 0 Å². The van der Waals surface area contributed by atoms with E-state index in [2.05, 4.69) is 5.92 Å². The number of aliphatic hydroxyl groups is 1. The second-order valence-corrected chi connectivity index (χ2v) is 4.06. The molecule has 16 heavy (non-hydrogen) atoms. The van der Waals surface area contributed by atoms with E-state index in [9.17, 15) is 5.11 Å². The van der Waals surface area contributed by atoms with Gasteiger partial charge in [-0.05, 0) is 37.5 Å². The lowest BCUT2D eigenvalue weighted by atomic mass is 9.90. The van der Waals surface area contributed by atoms with Crippen LogP contribution in [0, 0.1) is 12.3 Å². The minimum atomic E-state index is -0.842. The van der Waals surface area contributed by atoms with E-state index in [0.717, 1.165) is 17.7 Å². The van der Waals surface area contributed by atoms with Gasteiger partial charge in [0.05, 0.1) is 12.7 Å². The molecule has 0 radical (unpaired) electrons. The van der Waals surface area contributed by atoms with Gasteiger partial charge in [0.25, 0.3) is 0 Å². The van der Waals surface area contributed by atoms with Crippen LogP contribution in [-0.4, -0.2) is 12.2 Å². The highest BCUT2D eigenvalue weighted by Crippen LogP contribution is 2.28. The molecule has 0 bridgehead atoms. The van der Waals surface area contributed by atoms with Crippen molar-refractivity contribution in [3.8, 4) is 18.1 Å². The minimum Gasteiger partial charge on any atom is -0.497 e. The Bertz CT molecular complexity index is 375. The molecule has 0 saturated carbocycles.